The van der Waals surface area contributed by atoms with E-state index in [0.717, 1.165) is 11.0 Å². The Labute approximate surface area is 117 Å². The topological polar surface area (TPSA) is 83.4 Å². The van der Waals surface area contributed by atoms with E-state index in [9.17, 15) is 22.8 Å². The summed E-state index contributed by atoms with van der Waals surface area (Å²) < 4.78 is 37.9. The molecule has 0 aliphatic carbocycles. The van der Waals surface area contributed by atoms with Crippen LogP contribution in [0.1, 0.15) is 34.8 Å². The van der Waals surface area contributed by atoms with Gasteiger partial charge in [0, 0.05) is 12.2 Å². The number of rotatable bonds is 2. The maximum Gasteiger partial charge on any atom is 0.451 e. The van der Waals surface area contributed by atoms with Gasteiger partial charge in [0.25, 0.3) is 5.91 Å². The van der Waals surface area contributed by atoms with Gasteiger partial charge in [-0.1, -0.05) is 0 Å². The molecule has 1 aliphatic heterocycles. The number of nitrogens with zero attached hydrogens (tertiary/aromatic N) is 3. The molecule has 21 heavy (non-hydrogen) atoms. The van der Waals surface area contributed by atoms with E-state index < -0.39 is 35.6 Å². The summed E-state index contributed by atoms with van der Waals surface area (Å²) in [5, 5.41) is 9.01. The predicted octanol–water partition coefficient (Wildman–Crippen LogP) is 1.49. The van der Waals surface area contributed by atoms with Gasteiger partial charge in [-0.3, -0.25) is 4.79 Å². The number of likely N-dealkylation sites (tertiary alicyclic amines) is 1. The molecule has 2 heterocycles. The van der Waals surface area contributed by atoms with Gasteiger partial charge in [0.15, 0.2) is 0 Å². The second-order valence-electron chi connectivity index (χ2n) is 4.71. The van der Waals surface area contributed by atoms with Gasteiger partial charge in [-0.25, -0.2) is 14.8 Å². The lowest BCUT2D eigenvalue weighted by atomic mass is 10.2. The van der Waals surface area contributed by atoms with Gasteiger partial charge in [0.1, 0.15) is 11.7 Å². The van der Waals surface area contributed by atoms with Crippen LogP contribution in [-0.4, -0.2) is 44.4 Å². The third-order valence-corrected chi connectivity index (χ3v) is 3.13. The minimum Gasteiger partial charge on any atom is -0.480 e. The maximum atomic E-state index is 12.6. The fraction of sp³-hybridized carbons (Fsp3) is 0.500. The van der Waals surface area contributed by atoms with Crippen molar-refractivity contribution < 1.29 is 27.9 Å². The van der Waals surface area contributed by atoms with E-state index in [1.54, 1.807) is 0 Å². The average molecular weight is 303 g/mol. The lowest BCUT2D eigenvalue weighted by molar-refractivity contribution is -0.145. The van der Waals surface area contributed by atoms with Crippen molar-refractivity contribution >= 4 is 11.9 Å². The van der Waals surface area contributed by atoms with Crippen molar-refractivity contribution in [3.8, 4) is 0 Å². The first-order valence-corrected chi connectivity index (χ1v) is 6.17. The first-order chi connectivity index (χ1) is 9.70. The SMILES string of the molecule is Cc1cc(C(=O)N2CCC[C@H]2C(=O)O)nc(C(F)(F)F)n1. The lowest BCUT2D eigenvalue weighted by Crippen LogP contribution is -2.41. The zero-order valence-electron chi connectivity index (χ0n) is 11.0. The molecule has 1 atom stereocenters. The van der Waals surface area contributed by atoms with Crippen molar-refractivity contribution in [3.63, 3.8) is 0 Å². The molecule has 0 unspecified atom stereocenters. The van der Waals surface area contributed by atoms with E-state index in [-0.39, 0.29) is 18.7 Å². The van der Waals surface area contributed by atoms with Gasteiger partial charge in [0.2, 0.25) is 5.82 Å². The van der Waals surface area contributed by atoms with Crippen molar-refractivity contribution in [2.45, 2.75) is 32.0 Å². The lowest BCUT2D eigenvalue weighted by Gasteiger charge is -2.21. The third kappa shape index (κ3) is 3.11. The van der Waals surface area contributed by atoms with Crippen LogP contribution in [0.5, 0.6) is 0 Å². The van der Waals surface area contributed by atoms with Crippen LogP contribution in [0.2, 0.25) is 0 Å². The van der Waals surface area contributed by atoms with Gasteiger partial charge >= 0.3 is 12.1 Å². The Morgan fingerprint density at radius 1 is 1.38 bits per heavy atom. The standard InChI is InChI=1S/C12H12F3N3O3/c1-6-5-7(17-11(16-6)12(13,14)15)9(19)18-4-2-3-8(18)10(20)21/h5,8H,2-4H2,1H3,(H,20,21)/t8-/m0/s1. The van der Waals surface area contributed by atoms with Crippen LogP contribution in [0.15, 0.2) is 6.07 Å². The van der Waals surface area contributed by atoms with Crippen molar-refractivity contribution in [2.24, 2.45) is 0 Å². The molecule has 1 amide bonds. The Kier molecular flexibility index (Phi) is 3.84. The highest BCUT2D eigenvalue weighted by molar-refractivity contribution is 5.95. The Balaban J connectivity index is 2.35. The molecular weight excluding hydrogens is 291 g/mol. The number of hydrogen-bond donors (Lipinski definition) is 1. The molecule has 0 spiro atoms. The highest BCUT2D eigenvalue weighted by Crippen LogP contribution is 2.27. The summed E-state index contributed by atoms with van der Waals surface area (Å²) >= 11 is 0. The van der Waals surface area contributed by atoms with E-state index >= 15 is 0 Å². The van der Waals surface area contributed by atoms with Gasteiger partial charge in [-0.2, -0.15) is 13.2 Å². The van der Waals surface area contributed by atoms with E-state index in [4.69, 9.17) is 5.11 Å². The highest BCUT2D eigenvalue weighted by atomic mass is 19.4. The second-order valence-corrected chi connectivity index (χ2v) is 4.71. The predicted molar refractivity (Wildman–Crippen MR) is 63.5 cm³/mol. The van der Waals surface area contributed by atoms with Gasteiger partial charge in [0.05, 0.1) is 0 Å². The van der Waals surface area contributed by atoms with E-state index in [1.165, 1.54) is 6.92 Å². The van der Waals surface area contributed by atoms with E-state index in [2.05, 4.69) is 9.97 Å². The van der Waals surface area contributed by atoms with Crippen LogP contribution in [0, 0.1) is 6.92 Å². The van der Waals surface area contributed by atoms with E-state index in [0.29, 0.717) is 6.42 Å². The van der Waals surface area contributed by atoms with Gasteiger partial charge in [-0.15, -0.1) is 0 Å². The molecule has 1 N–H and O–H groups in total. The molecule has 1 saturated heterocycles. The second kappa shape index (κ2) is 5.30. The van der Waals surface area contributed by atoms with Crippen molar-refractivity contribution in [1.82, 2.24) is 14.9 Å². The summed E-state index contributed by atoms with van der Waals surface area (Å²) in [5.41, 5.74) is -0.449. The maximum absolute atomic E-state index is 12.6. The van der Waals surface area contributed by atoms with Crippen LogP contribution in [0.4, 0.5) is 13.2 Å². The van der Waals surface area contributed by atoms with Crippen LogP contribution in [0.3, 0.4) is 0 Å². The van der Waals surface area contributed by atoms with Crippen molar-refractivity contribution in [3.05, 3.63) is 23.3 Å². The first-order valence-electron chi connectivity index (χ1n) is 6.17. The molecule has 1 aromatic heterocycles. The number of carboxylic acid groups (broad SMARTS) is 1. The molecule has 2 rings (SSSR count). The Hall–Kier alpha value is -2.19. The summed E-state index contributed by atoms with van der Waals surface area (Å²) in [5.74, 6) is -3.41. The summed E-state index contributed by atoms with van der Waals surface area (Å²) in [6.07, 6.45) is -4.01. The number of carbonyl (C=O) groups excluding carboxylic acids is 1. The number of alkyl halides is 3. The quantitative estimate of drug-likeness (QED) is 0.895. The molecule has 6 nitrogen and oxygen atoms in total. The number of aryl methyl sites for hydroxylation is 1. The summed E-state index contributed by atoms with van der Waals surface area (Å²) in [6.45, 7) is 1.49. The Bertz CT molecular complexity index is 589. The fourth-order valence-electron chi connectivity index (χ4n) is 2.22. The van der Waals surface area contributed by atoms with Crippen molar-refractivity contribution in [2.75, 3.05) is 6.54 Å². The van der Waals surface area contributed by atoms with Crippen LogP contribution in [0.25, 0.3) is 0 Å². The molecule has 9 heteroatoms. The molecule has 1 fully saturated rings. The molecule has 0 radical (unpaired) electrons. The number of aromatic nitrogens is 2. The first kappa shape index (κ1) is 15.2. The largest absolute Gasteiger partial charge is 0.480 e. The van der Waals surface area contributed by atoms with E-state index in [1.807, 2.05) is 0 Å². The number of carbonyl (C=O) groups is 2. The zero-order chi connectivity index (χ0) is 15.8. The minimum atomic E-state index is -4.77. The summed E-state index contributed by atoms with van der Waals surface area (Å²) in [4.78, 5) is 30.7. The smallest absolute Gasteiger partial charge is 0.451 e. The monoisotopic (exact) mass is 303 g/mol. The molecule has 0 bridgehead atoms. The molecule has 0 saturated carbocycles. The van der Waals surface area contributed by atoms with Crippen LogP contribution in [-0.2, 0) is 11.0 Å². The van der Waals surface area contributed by atoms with Crippen LogP contribution >= 0.6 is 0 Å². The minimum absolute atomic E-state index is 0.00764. The van der Waals surface area contributed by atoms with Gasteiger partial charge < -0.3 is 10.0 Å². The summed E-state index contributed by atoms with van der Waals surface area (Å²) in [6, 6.07) is 0.0940. The number of amides is 1. The Morgan fingerprint density at radius 2 is 2.05 bits per heavy atom. The normalized spacial score (nSPS) is 18.9. The fourth-order valence-corrected chi connectivity index (χ4v) is 2.22. The molecule has 1 aromatic rings. The molecule has 0 aromatic carbocycles. The zero-order valence-corrected chi connectivity index (χ0v) is 11.0. The highest BCUT2D eigenvalue weighted by Gasteiger charge is 2.38. The van der Waals surface area contributed by atoms with Crippen LogP contribution < -0.4 is 0 Å². The van der Waals surface area contributed by atoms with Gasteiger partial charge in [-0.05, 0) is 25.8 Å². The molecular formula is C12H12F3N3O3. The molecule has 114 valence electrons. The van der Waals surface area contributed by atoms with Crippen molar-refractivity contribution in [1.29, 1.82) is 0 Å². The summed E-state index contributed by atoms with van der Waals surface area (Å²) in [7, 11) is 0. The molecule has 1 aliphatic rings. The average Bonchev–Trinajstić information content (AvgIpc) is 2.85. The number of halogens is 3. The third-order valence-electron chi connectivity index (χ3n) is 3.13. The Morgan fingerprint density at radius 3 is 2.62 bits per heavy atom. The number of hydrogen-bond acceptors (Lipinski definition) is 4. The number of aliphatic carboxylic acids is 1. The number of carboxylic acids is 1.